The van der Waals surface area contributed by atoms with E-state index in [2.05, 4.69) is 15.6 Å². The standard InChI is InChI=1S/C21H19N3O3/c1-14-2-4-16(5-3-14)24-21(25)15-8-9-22-20(12-15)23-17-6-7-18-19(13-17)27-11-10-26-18/h2-9,12-13H,10-11H2,1H3,(H,22,23)(H,24,25). The second-order valence-electron chi connectivity index (χ2n) is 6.23. The molecule has 2 aromatic carbocycles. The molecule has 136 valence electrons. The largest absolute Gasteiger partial charge is 0.486 e. The van der Waals surface area contributed by atoms with Crippen LogP contribution in [0.15, 0.2) is 60.8 Å². The van der Waals surface area contributed by atoms with Gasteiger partial charge in [-0.25, -0.2) is 4.98 Å². The normalized spacial score (nSPS) is 12.3. The van der Waals surface area contributed by atoms with Crippen molar-refractivity contribution in [2.75, 3.05) is 23.8 Å². The number of anilines is 3. The topological polar surface area (TPSA) is 72.5 Å². The molecule has 1 aliphatic heterocycles. The number of nitrogens with one attached hydrogen (secondary N) is 2. The minimum Gasteiger partial charge on any atom is -0.486 e. The van der Waals surface area contributed by atoms with Crippen LogP contribution in [-0.4, -0.2) is 24.1 Å². The maximum atomic E-state index is 12.5. The number of hydrogen-bond donors (Lipinski definition) is 2. The fourth-order valence-corrected chi connectivity index (χ4v) is 2.75. The Morgan fingerprint density at radius 1 is 0.926 bits per heavy atom. The zero-order chi connectivity index (χ0) is 18.6. The maximum Gasteiger partial charge on any atom is 0.255 e. The highest BCUT2D eigenvalue weighted by molar-refractivity contribution is 6.04. The molecule has 6 heteroatoms. The molecule has 0 saturated carbocycles. The van der Waals surface area contributed by atoms with Crippen LogP contribution >= 0.6 is 0 Å². The Bertz CT molecular complexity index is 971. The molecule has 0 aliphatic carbocycles. The van der Waals surface area contributed by atoms with Crippen LogP contribution in [0.25, 0.3) is 0 Å². The maximum absolute atomic E-state index is 12.5. The van der Waals surface area contributed by atoms with Crippen molar-refractivity contribution in [1.29, 1.82) is 0 Å². The Balaban J connectivity index is 1.48. The van der Waals surface area contributed by atoms with E-state index >= 15 is 0 Å². The molecule has 0 saturated heterocycles. The predicted octanol–water partition coefficient (Wildman–Crippen LogP) is 4.16. The van der Waals surface area contributed by atoms with Crippen LogP contribution in [0.4, 0.5) is 17.2 Å². The van der Waals surface area contributed by atoms with Crippen molar-refractivity contribution in [1.82, 2.24) is 4.98 Å². The monoisotopic (exact) mass is 361 g/mol. The van der Waals surface area contributed by atoms with Gasteiger partial charge in [-0.2, -0.15) is 0 Å². The number of rotatable bonds is 4. The van der Waals surface area contributed by atoms with Gasteiger partial charge < -0.3 is 20.1 Å². The summed E-state index contributed by atoms with van der Waals surface area (Å²) in [6.45, 7) is 3.09. The summed E-state index contributed by atoms with van der Waals surface area (Å²) >= 11 is 0. The number of aryl methyl sites for hydroxylation is 1. The SMILES string of the molecule is Cc1ccc(NC(=O)c2ccnc(Nc3ccc4c(c3)OCCO4)c2)cc1. The fourth-order valence-electron chi connectivity index (χ4n) is 2.75. The number of aromatic nitrogens is 1. The van der Waals surface area contributed by atoms with E-state index in [-0.39, 0.29) is 5.91 Å². The zero-order valence-corrected chi connectivity index (χ0v) is 14.9. The molecule has 1 amide bonds. The Labute approximate surface area is 157 Å². The van der Waals surface area contributed by atoms with Gasteiger partial charge in [-0.3, -0.25) is 4.79 Å². The lowest BCUT2D eigenvalue weighted by Gasteiger charge is -2.19. The third kappa shape index (κ3) is 4.00. The average Bonchev–Trinajstić information content (AvgIpc) is 2.70. The number of nitrogens with zero attached hydrogens (tertiary/aromatic N) is 1. The third-order valence-corrected chi connectivity index (χ3v) is 4.15. The molecule has 1 aromatic heterocycles. The van der Waals surface area contributed by atoms with Gasteiger partial charge in [0.15, 0.2) is 11.5 Å². The summed E-state index contributed by atoms with van der Waals surface area (Å²) in [5.41, 5.74) is 3.22. The van der Waals surface area contributed by atoms with E-state index in [1.54, 1.807) is 18.3 Å². The van der Waals surface area contributed by atoms with Crippen molar-refractivity contribution in [3.63, 3.8) is 0 Å². The first-order chi connectivity index (χ1) is 13.2. The molecule has 27 heavy (non-hydrogen) atoms. The summed E-state index contributed by atoms with van der Waals surface area (Å²) in [5, 5.41) is 6.08. The minimum atomic E-state index is -0.188. The molecule has 3 aromatic rings. The van der Waals surface area contributed by atoms with Gasteiger partial charge in [-0.15, -0.1) is 0 Å². The molecular formula is C21H19N3O3. The molecule has 0 atom stereocenters. The van der Waals surface area contributed by atoms with E-state index in [9.17, 15) is 4.79 Å². The van der Waals surface area contributed by atoms with Crippen LogP contribution in [0.2, 0.25) is 0 Å². The number of benzene rings is 2. The first-order valence-electron chi connectivity index (χ1n) is 8.68. The third-order valence-electron chi connectivity index (χ3n) is 4.15. The summed E-state index contributed by atoms with van der Waals surface area (Å²) in [6, 6.07) is 16.6. The van der Waals surface area contributed by atoms with E-state index in [1.165, 1.54) is 0 Å². The zero-order valence-electron chi connectivity index (χ0n) is 14.9. The first kappa shape index (κ1) is 16.9. The molecule has 6 nitrogen and oxygen atoms in total. The van der Waals surface area contributed by atoms with Gasteiger partial charge in [0.05, 0.1) is 0 Å². The number of fused-ring (bicyclic) bond motifs is 1. The second-order valence-corrected chi connectivity index (χ2v) is 6.23. The summed E-state index contributed by atoms with van der Waals surface area (Å²) in [6.07, 6.45) is 1.60. The summed E-state index contributed by atoms with van der Waals surface area (Å²) < 4.78 is 11.1. The van der Waals surface area contributed by atoms with Crippen LogP contribution in [-0.2, 0) is 0 Å². The van der Waals surface area contributed by atoms with Gasteiger partial charge in [0, 0.05) is 29.2 Å². The lowest BCUT2D eigenvalue weighted by molar-refractivity contribution is 0.102. The molecule has 1 aliphatic rings. The van der Waals surface area contributed by atoms with Gasteiger partial charge in [0.2, 0.25) is 0 Å². The Kier molecular flexibility index (Phi) is 4.61. The summed E-state index contributed by atoms with van der Waals surface area (Å²) in [5.74, 6) is 1.81. The number of carbonyl (C=O) groups is 1. The predicted molar refractivity (Wildman–Crippen MR) is 104 cm³/mol. The summed E-state index contributed by atoms with van der Waals surface area (Å²) in [7, 11) is 0. The highest BCUT2D eigenvalue weighted by Gasteiger charge is 2.12. The first-order valence-corrected chi connectivity index (χ1v) is 8.68. The second kappa shape index (κ2) is 7.37. The van der Waals surface area contributed by atoms with Crippen molar-refractivity contribution >= 4 is 23.1 Å². The smallest absolute Gasteiger partial charge is 0.255 e. The van der Waals surface area contributed by atoms with E-state index in [0.717, 1.165) is 22.7 Å². The lowest BCUT2D eigenvalue weighted by atomic mass is 10.2. The van der Waals surface area contributed by atoms with Crippen molar-refractivity contribution < 1.29 is 14.3 Å². The molecule has 0 spiro atoms. The molecule has 0 bridgehead atoms. The minimum absolute atomic E-state index is 0.188. The van der Waals surface area contributed by atoms with E-state index < -0.39 is 0 Å². The molecule has 2 heterocycles. The van der Waals surface area contributed by atoms with Crippen molar-refractivity contribution in [3.8, 4) is 11.5 Å². The highest BCUT2D eigenvalue weighted by Crippen LogP contribution is 2.33. The van der Waals surface area contributed by atoms with E-state index in [0.29, 0.717) is 30.3 Å². The molecule has 0 unspecified atom stereocenters. The van der Waals surface area contributed by atoms with Crippen LogP contribution in [0.5, 0.6) is 11.5 Å². The molecule has 2 N–H and O–H groups in total. The molecule has 0 fully saturated rings. The number of hydrogen-bond acceptors (Lipinski definition) is 5. The number of pyridine rings is 1. The molecule has 0 radical (unpaired) electrons. The van der Waals surface area contributed by atoms with Crippen molar-refractivity contribution in [3.05, 3.63) is 71.9 Å². The van der Waals surface area contributed by atoms with Gasteiger partial charge in [-0.1, -0.05) is 17.7 Å². The fraction of sp³-hybridized carbons (Fsp3) is 0.143. The number of amides is 1. The van der Waals surface area contributed by atoms with Crippen molar-refractivity contribution in [2.45, 2.75) is 6.92 Å². The van der Waals surface area contributed by atoms with E-state index in [4.69, 9.17) is 9.47 Å². The lowest BCUT2D eigenvalue weighted by Crippen LogP contribution is -2.15. The van der Waals surface area contributed by atoms with Gasteiger partial charge in [-0.05, 0) is 43.3 Å². The Morgan fingerprint density at radius 3 is 2.48 bits per heavy atom. The van der Waals surface area contributed by atoms with Gasteiger partial charge in [0.1, 0.15) is 19.0 Å². The van der Waals surface area contributed by atoms with Crippen LogP contribution in [0.3, 0.4) is 0 Å². The van der Waals surface area contributed by atoms with E-state index in [1.807, 2.05) is 49.4 Å². The van der Waals surface area contributed by atoms with Crippen LogP contribution < -0.4 is 20.1 Å². The molecular weight excluding hydrogens is 342 g/mol. The van der Waals surface area contributed by atoms with Crippen LogP contribution in [0.1, 0.15) is 15.9 Å². The quantitative estimate of drug-likeness (QED) is 0.730. The summed E-state index contributed by atoms with van der Waals surface area (Å²) in [4.78, 5) is 16.8. The number of carbonyl (C=O) groups excluding carboxylic acids is 1. The average molecular weight is 361 g/mol. The Morgan fingerprint density at radius 2 is 1.67 bits per heavy atom. The Hall–Kier alpha value is -3.54. The molecule has 4 rings (SSSR count). The number of ether oxygens (including phenoxy) is 2. The van der Waals surface area contributed by atoms with Crippen LogP contribution in [0, 0.1) is 6.92 Å². The van der Waals surface area contributed by atoms with Gasteiger partial charge in [0.25, 0.3) is 5.91 Å². The van der Waals surface area contributed by atoms with Gasteiger partial charge >= 0.3 is 0 Å². The van der Waals surface area contributed by atoms with Crippen molar-refractivity contribution in [2.24, 2.45) is 0 Å². The highest BCUT2D eigenvalue weighted by atomic mass is 16.6.